The van der Waals surface area contributed by atoms with Crippen LogP contribution in [0.2, 0.25) is 0 Å². The molecule has 2 amide bonds. The van der Waals surface area contributed by atoms with E-state index >= 15 is 0 Å². The molecule has 0 aliphatic heterocycles. The van der Waals surface area contributed by atoms with Crippen molar-refractivity contribution in [3.8, 4) is 0 Å². The van der Waals surface area contributed by atoms with E-state index in [1.165, 1.54) is 12.1 Å². The van der Waals surface area contributed by atoms with Gasteiger partial charge in [0.15, 0.2) is 6.61 Å². The van der Waals surface area contributed by atoms with E-state index in [0.29, 0.717) is 11.3 Å². The Hall–Kier alpha value is -3.15. The molecule has 0 aliphatic rings. The molecule has 6 nitrogen and oxygen atoms in total. The van der Waals surface area contributed by atoms with Crippen molar-refractivity contribution in [3.05, 3.63) is 65.2 Å². The number of anilines is 1. The first-order valence-electron chi connectivity index (χ1n) is 6.97. The van der Waals surface area contributed by atoms with Crippen LogP contribution in [-0.2, 0) is 9.63 Å². The summed E-state index contributed by atoms with van der Waals surface area (Å²) < 4.78 is 0. The minimum absolute atomic E-state index is 0.208. The van der Waals surface area contributed by atoms with Gasteiger partial charge in [-0.3, -0.25) is 9.59 Å². The summed E-state index contributed by atoms with van der Waals surface area (Å²) in [5.74, 6) is -0.865. The molecule has 0 spiro atoms. The summed E-state index contributed by atoms with van der Waals surface area (Å²) in [7, 11) is 0. The molecule has 6 heteroatoms. The van der Waals surface area contributed by atoms with E-state index in [0.717, 1.165) is 11.1 Å². The molecule has 0 aliphatic carbocycles. The zero-order chi connectivity index (χ0) is 16.7. The molecule has 0 saturated carbocycles. The number of primary amides is 1. The van der Waals surface area contributed by atoms with Crippen molar-refractivity contribution < 1.29 is 14.4 Å². The third kappa shape index (κ3) is 4.96. The molecule has 23 heavy (non-hydrogen) atoms. The van der Waals surface area contributed by atoms with Crippen molar-refractivity contribution in [2.24, 2.45) is 10.9 Å². The Kier molecular flexibility index (Phi) is 5.46. The standard InChI is InChI=1S/C17H17N3O3/c1-12-4-2-3-5-14(12)10-19-23-11-16(21)20-15-8-6-13(7-9-15)17(18)22/h2-10H,11H2,1H3,(H2,18,22)(H,20,21)/b19-10-. The van der Waals surface area contributed by atoms with Crippen molar-refractivity contribution in [1.29, 1.82) is 0 Å². The summed E-state index contributed by atoms with van der Waals surface area (Å²) in [5, 5.41) is 6.40. The van der Waals surface area contributed by atoms with Gasteiger partial charge in [-0.2, -0.15) is 0 Å². The molecule has 0 fully saturated rings. The van der Waals surface area contributed by atoms with Crippen LogP contribution in [0.1, 0.15) is 21.5 Å². The molecular weight excluding hydrogens is 294 g/mol. The van der Waals surface area contributed by atoms with Crippen LogP contribution in [0.15, 0.2) is 53.7 Å². The highest BCUT2D eigenvalue weighted by atomic mass is 16.6. The zero-order valence-corrected chi connectivity index (χ0v) is 12.7. The maximum absolute atomic E-state index is 11.7. The second-order valence-corrected chi connectivity index (χ2v) is 4.85. The number of aryl methyl sites for hydroxylation is 1. The first-order valence-corrected chi connectivity index (χ1v) is 6.97. The predicted octanol–water partition coefficient (Wildman–Crippen LogP) is 2.08. The van der Waals surface area contributed by atoms with Crippen LogP contribution in [0, 0.1) is 6.92 Å². The van der Waals surface area contributed by atoms with Crippen LogP contribution in [0.4, 0.5) is 5.69 Å². The van der Waals surface area contributed by atoms with Gasteiger partial charge in [0, 0.05) is 11.3 Å². The van der Waals surface area contributed by atoms with Gasteiger partial charge in [0.05, 0.1) is 6.21 Å². The van der Waals surface area contributed by atoms with Gasteiger partial charge in [0.25, 0.3) is 5.91 Å². The maximum Gasteiger partial charge on any atom is 0.265 e. The third-order valence-corrected chi connectivity index (χ3v) is 3.10. The van der Waals surface area contributed by atoms with Crippen molar-refractivity contribution in [2.45, 2.75) is 6.92 Å². The topological polar surface area (TPSA) is 93.8 Å². The van der Waals surface area contributed by atoms with Gasteiger partial charge in [-0.25, -0.2) is 0 Å². The zero-order valence-electron chi connectivity index (χ0n) is 12.7. The second kappa shape index (κ2) is 7.74. The molecule has 0 unspecified atom stereocenters. The fourth-order valence-electron chi connectivity index (χ4n) is 1.84. The smallest absolute Gasteiger partial charge is 0.265 e. The van der Waals surface area contributed by atoms with Crippen LogP contribution in [0.5, 0.6) is 0 Å². The minimum atomic E-state index is -0.517. The van der Waals surface area contributed by atoms with Crippen molar-refractivity contribution in [3.63, 3.8) is 0 Å². The lowest BCUT2D eigenvalue weighted by Crippen LogP contribution is -2.17. The minimum Gasteiger partial charge on any atom is -0.386 e. The third-order valence-electron chi connectivity index (χ3n) is 3.10. The van der Waals surface area contributed by atoms with E-state index in [2.05, 4.69) is 10.5 Å². The lowest BCUT2D eigenvalue weighted by atomic mass is 10.1. The van der Waals surface area contributed by atoms with Gasteiger partial charge < -0.3 is 15.9 Å². The van der Waals surface area contributed by atoms with Crippen LogP contribution in [-0.4, -0.2) is 24.6 Å². The average Bonchev–Trinajstić information content (AvgIpc) is 2.53. The number of hydrogen-bond donors (Lipinski definition) is 2. The summed E-state index contributed by atoms with van der Waals surface area (Å²) in [4.78, 5) is 27.6. The van der Waals surface area contributed by atoms with E-state index in [1.807, 2.05) is 31.2 Å². The fourth-order valence-corrected chi connectivity index (χ4v) is 1.84. The Balaban J connectivity index is 1.81. The maximum atomic E-state index is 11.7. The van der Waals surface area contributed by atoms with Gasteiger partial charge in [-0.05, 0) is 42.3 Å². The lowest BCUT2D eigenvalue weighted by Gasteiger charge is -2.05. The van der Waals surface area contributed by atoms with E-state index in [-0.39, 0.29) is 12.5 Å². The summed E-state index contributed by atoms with van der Waals surface area (Å²) in [6.07, 6.45) is 1.56. The van der Waals surface area contributed by atoms with E-state index in [1.54, 1.807) is 18.3 Å². The van der Waals surface area contributed by atoms with Gasteiger partial charge >= 0.3 is 0 Å². The quantitative estimate of drug-likeness (QED) is 0.631. The molecule has 0 aromatic heterocycles. The number of carbonyl (C=O) groups excluding carboxylic acids is 2. The Morgan fingerprint density at radius 2 is 1.87 bits per heavy atom. The Morgan fingerprint density at radius 3 is 2.52 bits per heavy atom. The van der Waals surface area contributed by atoms with Gasteiger partial charge in [-0.1, -0.05) is 29.4 Å². The van der Waals surface area contributed by atoms with Crippen LogP contribution >= 0.6 is 0 Å². The second-order valence-electron chi connectivity index (χ2n) is 4.85. The summed E-state index contributed by atoms with van der Waals surface area (Å²) in [5.41, 5.74) is 8.06. The Morgan fingerprint density at radius 1 is 1.17 bits per heavy atom. The number of carbonyl (C=O) groups is 2. The molecule has 2 aromatic carbocycles. The van der Waals surface area contributed by atoms with Crippen molar-refractivity contribution in [2.75, 3.05) is 11.9 Å². The summed E-state index contributed by atoms with van der Waals surface area (Å²) in [6, 6.07) is 14.0. The SMILES string of the molecule is Cc1ccccc1/C=N\OCC(=O)Nc1ccc(C(N)=O)cc1. The lowest BCUT2D eigenvalue weighted by molar-refractivity contribution is -0.120. The highest BCUT2D eigenvalue weighted by Crippen LogP contribution is 2.09. The first kappa shape index (κ1) is 16.2. The predicted molar refractivity (Wildman–Crippen MR) is 88.3 cm³/mol. The summed E-state index contributed by atoms with van der Waals surface area (Å²) >= 11 is 0. The number of hydrogen-bond acceptors (Lipinski definition) is 4. The van der Waals surface area contributed by atoms with E-state index in [9.17, 15) is 9.59 Å². The van der Waals surface area contributed by atoms with Crippen molar-refractivity contribution >= 4 is 23.7 Å². The average molecular weight is 311 g/mol. The molecule has 0 radical (unpaired) electrons. The summed E-state index contributed by atoms with van der Waals surface area (Å²) in [6.45, 7) is 1.75. The molecule has 118 valence electrons. The number of oxime groups is 1. The van der Waals surface area contributed by atoms with Crippen LogP contribution < -0.4 is 11.1 Å². The molecule has 0 bridgehead atoms. The van der Waals surface area contributed by atoms with Gasteiger partial charge in [0.2, 0.25) is 5.91 Å². The molecule has 3 N–H and O–H groups in total. The number of nitrogens with one attached hydrogen (secondary N) is 1. The van der Waals surface area contributed by atoms with Crippen LogP contribution in [0.25, 0.3) is 0 Å². The monoisotopic (exact) mass is 311 g/mol. The van der Waals surface area contributed by atoms with Crippen LogP contribution in [0.3, 0.4) is 0 Å². The van der Waals surface area contributed by atoms with E-state index in [4.69, 9.17) is 10.6 Å². The highest BCUT2D eigenvalue weighted by Gasteiger charge is 2.04. The number of rotatable bonds is 6. The Bertz CT molecular complexity index is 724. The number of nitrogens with two attached hydrogens (primary N) is 1. The molecule has 2 rings (SSSR count). The number of amides is 2. The van der Waals surface area contributed by atoms with Crippen molar-refractivity contribution in [1.82, 2.24) is 0 Å². The van der Waals surface area contributed by atoms with Gasteiger partial charge in [-0.15, -0.1) is 0 Å². The normalized spacial score (nSPS) is 10.5. The first-order chi connectivity index (χ1) is 11.1. The highest BCUT2D eigenvalue weighted by molar-refractivity contribution is 5.95. The molecular formula is C17H17N3O3. The molecule has 2 aromatic rings. The Labute approximate surface area is 133 Å². The largest absolute Gasteiger partial charge is 0.386 e. The van der Waals surface area contributed by atoms with Gasteiger partial charge in [0.1, 0.15) is 0 Å². The fraction of sp³-hybridized carbons (Fsp3) is 0.118. The molecule has 0 heterocycles. The number of benzene rings is 2. The number of nitrogens with zero attached hydrogens (tertiary/aromatic N) is 1. The van der Waals surface area contributed by atoms with E-state index < -0.39 is 5.91 Å². The molecule has 0 saturated heterocycles. The molecule has 0 atom stereocenters.